The first kappa shape index (κ1) is 14.8. The number of hydrogen-bond acceptors (Lipinski definition) is 4. The van der Waals surface area contributed by atoms with E-state index in [1.807, 2.05) is 13.0 Å². The highest BCUT2D eigenvalue weighted by molar-refractivity contribution is 5.31. The van der Waals surface area contributed by atoms with Crippen LogP contribution in [0, 0.1) is 5.82 Å². The molecule has 0 aliphatic carbocycles. The molecule has 1 aromatic carbocycles. The van der Waals surface area contributed by atoms with Gasteiger partial charge in [0.2, 0.25) is 0 Å². The van der Waals surface area contributed by atoms with Crippen LogP contribution in [0.5, 0.6) is 5.75 Å². The van der Waals surface area contributed by atoms with Gasteiger partial charge in [0.25, 0.3) is 0 Å². The van der Waals surface area contributed by atoms with Crippen LogP contribution in [0.1, 0.15) is 37.8 Å². The fourth-order valence-corrected chi connectivity index (χ4v) is 3.02. The molecule has 3 atom stereocenters. The maximum Gasteiger partial charge on any atom is 0.165 e. The van der Waals surface area contributed by atoms with Crippen LogP contribution in [0.15, 0.2) is 18.2 Å². The van der Waals surface area contributed by atoms with Gasteiger partial charge in [-0.25, -0.2) is 4.39 Å². The van der Waals surface area contributed by atoms with Gasteiger partial charge in [0.1, 0.15) is 6.10 Å². The Bertz CT molecular complexity index is 500. The lowest BCUT2D eigenvalue weighted by molar-refractivity contribution is -0.112. The van der Waals surface area contributed by atoms with Crippen LogP contribution in [0.25, 0.3) is 0 Å². The van der Waals surface area contributed by atoms with E-state index in [1.165, 1.54) is 6.07 Å². The predicted molar refractivity (Wildman–Crippen MR) is 76.8 cm³/mol. The Balaban J connectivity index is 1.68. The van der Waals surface area contributed by atoms with Gasteiger partial charge in [-0.3, -0.25) is 0 Å². The lowest BCUT2D eigenvalue weighted by Crippen LogP contribution is -2.44. The largest absolute Gasteiger partial charge is 0.487 e. The van der Waals surface area contributed by atoms with Crippen LogP contribution >= 0.6 is 0 Å². The molecule has 0 radical (unpaired) electrons. The average Bonchev–Trinajstić information content (AvgIpc) is 2.89. The number of hydrogen-bond donors (Lipinski definition) is 1. The second kappa shape index (κ2) is 5.91. The van der Waals surface area contributed by atoms with Gasteiger partial charge in [-0.05, 0) is 24.6 Å². The highest BCUT2D eigenvalue weighted by atomic mass is 19.1. The minimum atomic E-state index is -0.354. The molecular formula is C16H22FNO3. The van der Waals surface area contributed by atoms with Crippen molar-refractivity contribution >= 4 is 0 Å². The molecule has 2 fully saturated rings. The summed E-state index contributed by atoms with van der Waals surface area (Å²) in [5, 5.41) is 0. The summed E-state index contributed by atoms with van der Waals surface area (Å²) in [6.07, 6.45) is 2.38. The molecule has 5 heteroatoms. The minimum Gasteiger partial charge on any atom is -0.487 e. The van der Waals surface area contributed by atoms with Crippen molar-refractivity contribution in [2.75, 3.05) is 19.8 Å². The van der Waals surface area contributed by atoms with Gasteiger partial charge >= 0.3 is 0 Å². The van der Waals surface area contributed by atoms with Gasteiger partial charge in [-0.1, -0.05) is 6.07 Å². The SMILES string of the molecule is C[C@@H](N)c1ccc(OC2CCOC3(CCOC3)C2)c(F)c1. The highest BCUT2D eigenvalue weighted by Crippen LogP contribution is 2.35. The Hall–Kier alpha value is -1.17. The highest BCUT2D eigenvalue weighted by Gasteiger charge is 2.41. The Morgan fingerprint density at radius 1 is 1.43 bits per heavy atom. The van der Waals surface area contributed by atoms with E-state index in [1.54, 1.807) is 6.07 Å². The van der Waals surface area contributed by atoms with Gasteiger partial charge in [-0.15, -0.1) is 0 Å². The van der Waals surface area contributed by atoms with Crippen molar-refractivity contribution in [1.29, 1.82) is 0 Å². The summed E-state index contributed by atoms with van der Waals surface area (Å²) in [7, 11) is 0. The second-order valence-electron chi connectivity index (χ2n) is 6.05. The van der Waals surface area contributed by atoms with E-state index < -0.39 is 0 Å². The summed E-state index contributed by atoms with van der Waals surface area (Å²) in [4.78, 5) is 0. The Morgan fingerprint density at radius 2 is 2.29 bits per heavy atom. The van der Waals surface area contributed by atoms with Crippen LogP contribution in [-0.4, -0.2) is 31.5 Å². The third-order valence-electron chi connectivity index (χ3n) is 4.29. The molecule has 1 spiro atoms. The summed E-state index contributed by atoms with van der Waals surface area (Å²) in [6.45, 7) is 3.80. The van der Waals surface area contributed by atoms with Crippen LogP contribution in [-0.2, 0) is 9.47 Å². The maximum atomic E-state index is 14.1. The number of ether oxygens (including phenoxy) is 3. The summed E-state index contributed by atoms with van der Waals surface area (Å²) < 4.78 is 31.2. The molecule has 3 rings (SSSR count). The number of benzene rings is 1. The lowest BCUT2D eigenvalue weighted by atomic mass is 9.91. The van der Waals surface area contributed by atoms with E-state index in [9.17, 15) is 4.39 Å². The smallest absolute Gasteiger partial charge is 0.165 e. The quantitative estimate of drug-likeness (QED) is 0.931. The lowest BCUT2D eigenvalue weighted by Gasteiger charge is -2.37. The van der Waals surface area contributed by atoms with E-state index in [4.69, 9.17) is 19.9 Å². The summed E-state index contributed by atoms with van der Waals surface area (Å²) in [5.74, 6) is -0.0617. The van der Waals surface area contributed by atoms with Crippen molar-refractivity contribution in [3.05, 3.63) is 29.6 Å². The zero-order valence-corrected chi connectivity index (χ0v) is 12.3. The van der Waals surface area contributed by atoms with Crippen LogP contribution in [0.3, 0.4) is 0 Å². The van der Waals surface area contributed by atoms with Crippen LogP contribution < -0.4 is 10.5 Å². The third kappa shape index (κ3) is 3.20. The first-order chi connectivity index (χ1) is 10.1. The predicted octanol–water partition coefficient (Wildman–Crippen LogP) is 2.56. The van der Waals surface area contributed by atoms with Crippen LogP contribution in [0.4, 0.5) is 4.39 Å². The molecule has 0 amide bonds. The Morgan fingerprint density at radius 3 is 2.95 bits per heavy atom. The molecule has 0 saturated carbocycles. The monoisotopic (exact) mass is 295 g/mol. The Labute approximate surface area is 124 Å². The van der Waals surface area contributed by atoms with E-state index in [0.717, 1.165) is 31.4 Å². The van der Waals surface area contributed by atoms with Crippen molar-refractivity contribution in [1.82, 2.24) is 0 Å². The van der Waals surface area contributed by atoms with Crippen molar-refractivity contribution in [2.45, 2.75) is 43.9 Å². The van der Waals surface area contributed by atoms with Gasteiger partial charge in [0, 0.05) is 31.9 Å². The standard InChI is InChI=1S/C16H22FNO3/c1-11(18)12-2-3-15(14(17)8-12)21-13-4-6-20-16(9-13)5-7-19-10-16/h2-3,8,11,13H,4-7,9-10,18H2,1H3/t11-,13?,16?/m1/s1. The molecule has 2 aliphatic heterocycles. The van der Waals surface area contributed by atoms with Gasteiger partial charge in [0.15, 0.2) is 11.6 Å². The molecule has 2 saturated heterocycles. The number of nitrogens with two attached hydrogens (primary N) is 1. The zero-order chi connectivity index (χ0) is 14.9. The molecule has 116 valence electrons. The first-order valence-corrected chi connectivity index (χ1v) is 7.51. The van der Waals surface area contributed by atoms with Crippen molar-refractivity contribution in [2.24, 2.45) is 5.73 Å². The first-order valence-electron chi connectivity index (χ1n) is 7.51. The number of rotatable bonds is 3. The summed E-state index contributed by atoms with van der Waals surface area (Å²) >= 11 is 0. The average molecular weight is 295 g/mol. The van der Waals surface area contributed by atoms with E-state index in [0.29, 0.717) is 19.0 Å². The molecule has 0 aromatic heterocycles. The maximum absolute atomic E-state index is 14.1. The fourth-order valence-electron chi connectivity index (χ4n) is 3.02. The van der Waals surface area contributed by atoms with E-state index in [2.05, 4.69) is 0 Å². The van der Waals surface area contributed by atoms with Gasteiger partial charge in [-0.2, -0.15) is 0 Å². The molecule has 0 bridgehead atoms. The van der Waals surface area contributed by atoms with Gasteiger partial charge in [0.05, 0.1) is 18.8 Å². The molecular weight excluding hydrogens is 273 g/mol. The summed E-state index contributed by atoms with van der Waals surface area (Å²) in [5.41, 5.74) is 6.30. The van der Waals surface area contributed by atoms with E-state index in [-0.39, 0.29) is 23.6 Å². The normalized spacial score (nSPS) is 30.5. The molecule has 2 N–H and O–H groups in total. The molecule has 2 heterocycles. The zero-order valence-electron chi connectivity index (χ0n) is 12.3. The van der Waals surface area contributed by atoms with Crippen molar-refractivity contribution in [3.8, 4) is 5.75 Å². The Kier molecular flexibility index (Phi) is 4.15. The minimum absolute atomic E-state index is 0.0314. The molecule has 2 unspecified atom stereocenters. The van der Waals surface area contributed by atoms with E-state index >= 15 is 0 Å². The molecule has 21 heavy (non-hydrogen) atoms. The van der Waals surface area contributed by atoms with Crippen LogP contribution in [0.2, 0.25) is 0 Å². The fraction of sp³-hybridized carbons (Fsp3) is 0.625. The third-order valence-corrected chi connectivity index (χ3v) is 4.29. The summed E-state index contributed by atoms with van der Waals surface area (Å²) in [6, 6.07) is 4.75. The molecule has 1 aromatic rings. The van der Waals surface area contributed by atoms with Gasteiger partial charge < -0.3 is 19.9 Å². The molecule has 2 aliphatic rings. The van der Waals surface area contributed by atoms with Crippen molar-refractivity contribution in [3.63, 3.8) is 0 Å². The van der Waals surface area contributed by atoms with Crippen molar-refractivity contribution < 1.29 is 18.6 Å². The second-order valence-corrected chi connectivity index (χ2v) is 6.05. The topological polar surface area (TPSA) is 53.7 Å². The molecule has 4 nitrogen and oxygen atoms in total. The number of halogens is 1.